The normalized spacial score (nSPS) is 24.3. The second-order valence-electron chi connectivity index (χ2n) is 6.50. The van der Waals surface area contributed by atoms with Gasteiger partial charge in [0.2, 0.25) is 0 Å². The molecule has 4 heteroatoms. The zero-order chi connectivity index (χ0) is 15.2. The third kappa shape index (κ3) is 4.45. The lowest BCUT2D eigenvalue weighted by atomic mass is 9.96. The maximum Gasteiger partial charge on any atom is 0.118 e. The van der Waals surface area contributed by atoms with Crippen molar-refractivity contribution in [1.82, 2.24) is 9.80 Å². The van der Waals surface area contributed by atoms with Gasteiger partial charge in [-0.15, -0.1) is 0 Å². The monoisotopic (exact) mass is 304 g/mol. The molecule has 1 unspecified atom stereocenters. The average molecular weight is 304 g/mol. The predicted molar refractivity (Wildman–Crippen MR) is 88.3 cm³/mol. The summed E-state index contributed by atoms with van der Waals surface area (Å²) in [6, 6.07) is 8.49. The second kappa shape index (κ2) is 7.95. The van der Waals surface area contributed by atoms with Gasteiger partial charge in [-0.2, -0.15) is 0 Å². The zero-order valence-corrected chi connectivity index (χ0v) is 13.7. The number of morpholine rings is 1. The Morgan fingerprint density at radius 2 is 1.86 bits per heavy atom. The van der Waals surface area contributed by atoms with Gasteiger partial charge in [0.15, 0.2) is 0 Å². The molecular weight excluding hydrogens is 276 g/mol. The van der Waals surface area contributed by atoms with Gasteiger partial charge in [0.1, 0.15) is 5.75 Å². The molecule has 0 radical (unpaired) electrons. The SMILES string of the molecule is COc1ccc(CN2CCCC(CN3CCOCC3)C2)cc1. The molecule has 0 aromatic heterocycles. The Morgan fingerprint density at radius 1 is 1.09 bits per heavy atom. The lowest BCUT2D eigenvalue weighted by molar-refractivity contribution is 0.0224. The molecule has 4 nitrogen and oxygen atoms in total. The minimum atomic E-state index is 0.810. The molecule has 2 heterocycles. The standard InChI is InChI=1S/C18H28N2O2/c1-21-18-6-4-16(5-7-18)13-20-8-2-3-17(15-20)14-19-9-11-22-12-10-19/h4-7,17H,2-3,8-15H2,1H3. The van der Waals surface area contributed by atoms with Crippen molar-refractivity contribution >= 4 is 0 Å². The van der Waals surface area contributed by atoms with Gasteiger partial charge in [-0.05, 0) is 43.0 Å². The summed E-state index contributed by atoms with van der Waals surface area (Å²) in [5, 5.41) is 0. The van der Waals surface area contributed by atoms with E-state index in [0.717, 1.165) is 44.5 Å². The van der Waals surface area contributed by atoms with Crippen molar-refractivity contribution in [2.24, 2.45) is 5.92 Å². The highest BCUT2D eigenvalue weighted by Gasteiger charge is 2.23. The molecule has 0 amide bonds. The van der Waals surface area contributed by atoms with E-state index in [1.165, 1.54) is 38.0 Å². The molecule has 2 aliphatic heterocycles. The van der Waals surface area contributed by atoms with E-state index in [0.29, 0.717) is 0 Å². The third-order valence-corrected chi connectivity index (χ3v) is 4.79. The van der Waals surface area contributed by atoms with Crippen molar-refractivity contribution in [1.29, 1.82) is 0 Å². The van der Waals surface area contributed by atoms with E-state index in [1.54, 1.807) is 7.11 Å². The first-order chi connectivity index (χ1) is 10.8. The molecule has 122 valence electrons. The first-order valence-electron chi connectivity index (χ1n) is 8.49. The molecule has 0 saturated carbocycles. The van der Waals surface area contributed by atoms with Gasteiger partial charge in [0.05, 0.1) is 20.3 Å². The number of ether oxygens (including phenoxy) is 2. The Morgan fingerprint density at radius 3 is 2.59 bits per heavy atom. The highest BCUT2D eigenvalue weighted by atomic mass is 16.5. The minimum absolute atomic E-state index is 0.810. The van der Waals surface area contributed by atoms with Crippen LogP contribution in [0.4, 0.5) is 0 Å². The summed E-state index contributed by atoms with van der Waals surface area (Å²) in [7, 11) is 1.72. The van der Waals surface area contributed by atoms with Crippen LogP contribution in [0.3, 0.4) is 0 Å². The van der Waals surface area contributed by atoms with Crippen LogP contribution in [0.25, 0.3) is 0 Å². The minimum Gasteiger partial charge on any atom is -0.497 e. The smallest absolute Gasteiger partial charge is 0.118 e. The summed E-state index contributed by atoms with van der Waals surface area (Å²) >= 11 is 0. The first-order valence-corrected chi connectivity index (χ1v) is 8.49. The van der Waals surface area contributed by atoms with Crippen LogP contribution < -0.4 is 4.74 Å². The number of piperidine rings is 1. The third-order valence-electron chi connectivity index (χ3n) is 4.79. The number of likely N-dealkylation sites (tertiary alicyclic amines) is 1. The van der Waals surface area contributed by atoms with Gasteiger partial charge in [-0.3, -0.25) is 9.80 Å². The van der Waals surface area contributed by atoms with Gasteiger partial charge in [0.25, 0.3) is 0 Å². The summed E-state index contributed by atoms with van der Waals surface area (Å²) < 4.78 is 10.7. The summed E-state index contributed by atoms with van der Waals surface area (Å²) in [5.41, 5.74) is 1.38. The molecule has 22 heavy (non-hydrogen) atoms. The van der Waals surface area contributed by atoms with E-state index >= 15 is 0 Å². The van der Waals surface area contributed by atoms with Gasteiger partial charge < -0.3 is 9.47 Å². The van der Waals surface area contributed by atoms with Crippen LogP contribution in [0.2, 0.25) is 0 Å². The van der Waals surface area contributed by atoms with Crippen molar-refractivity contribution in [2.75, 3.05) is 53.0 Å². The van der Waals surface area contributed by atoms with Crippen molar-refractivity contribution in [3.05, 3.63) is 29.8 Å². The van der Waals surface area contributed by atoms with Crippen molar-refractivity contribution < 1.29 is 9.47 Å². The largest absolute Gasteiger partial charge is 0.497 e. The zero-order valence-electron chi connectivity index (χ0n) is 13.7. The van der Waals surface area contributed by atoms with Gasteiger partial charge in [-0.1, -0.05) is 12.1 Å². The van der Waals surface area contributed by atoms with Crippen LogP contribution in [0.5, 0.6) is 5.75 Å². The van der Waals surface area contributed by atoms with Crippen LogP contribution >= 0.6 is 0 Å². The average Bonchev–Trinajstić information content (AvgIpc) is 2.57. The number of hydrogen-bond acceptors (Lipinski definition) is 4. The van der Waals surface area contributed by atoms with Crippen LogP contribution in [0.15, 0.2) is 24.3 Å². The van der Waals surface area contributed by atoms with Crippen LogP contribution in [-0.4, -0.2) is 62.8 Å². The number of hydrogen-bond donors (Lipinski definition) is 0. The fourth-order valence-electron chi connectivity index (χ4n) is 3.58. The molecule has 0 spiro atoms. The number of methoxy groups -OCH3 is 1. The molecule has 1 atom stereocenters. The van der Waals surface area contributed by atoms with Crippen LogP contribution in [0, 0.1) is 5.92 Å². The molecule has 3 rings (SSSR count). The number of nitrogens with zero attached hydrogens (tertiary/aromatic N) is 2. The highest BCUT2D eigenvalue weighted by Crippen LogP contribution is 2.21. The Bertz CT molecular complexity index is 443. The second-order valence-corrected chi connectivity index (χ2v) is 6.50. The number of benzene rings is 1. The van der Waals surface area contributed by atoms with E-state index in [1.807, 2.05) is 0 Å². The molecule has 2 aliphatic rings. The molecular formula is C18H28N2O2. The lowest BCUT2D eigenvalue weighted by Crippen LogP contribution is -2.44. The first kappa shape index (κ1) is 15.8. The maximum atomic E-state index is 5.45. The van der Waals surface area contributed by atoms with Crippen molar-refractivity contribution in [3.8, 4) is 5.75 Å². The summed E-state index contributed by atoms with van der Waals surface area (Å²) in [4.78, 5) is 5.18. The van der Waals surface area contributed by atoms with Gasteiger partial charge in [-0.25, -0.2) is 0 Å². The van der Waals surface area contributed by atoms with Gasteiger partial charge in [0, 0.05) is 32.7 Å². The molecule has 0 N–H and O–H groups in total. The Balaban J connectivity index is 1.49. The summed E-state index contributed by atoms with van der Waals surface area (Å²) in [6.07, 6.45) is 2.70. The van der Waals surface area contributed by atoms with E-state index in [4.69, 9.17) is 9.47 Å². The topological polar surface area (TPSA) is 24.9 Å². The number of rotatable bonds is 5. The molecule has 2 fully saturated rings. The van der Waals surface area contributed by atoms with E-state index in [9.17, 15) is 0 Å². The summed E-state index contributed by atoms with van der Waals surface area (Å²) in [6.45, 7) is 8.77. The molecule has 0 aliphatic carbocycles. The highest BCUT2D eigenvalue weighted by molar-refractivity contribution is 5.27. The molecule has 1 aromatic carbocycles. The molecule has 0 bridgehead atoms. The Labute approximate surface area is 134 Å². The lowest BCUT2D eigenvalue weighted by Gasteiger charge is -2.36. The van der Waals surface area contributed by atoms with Crippen molar-refractivity contribution in [3.63, 3.8) is 0 Å². The Kier molecular flexibility index (Phi) is 5.70. The fraction of sp³-hybridized carbons (Fsp3) is 0.667. The van der Waals surface area contributed by atoms with Gasteiger partial charge >= 0.3 is 0 Å². The van der Waals surface area contributed by atoms with Crippen molar-refractivity contribution in [2.45, 2.75) is 19.4 Å². The van der Waals surface area contributed by atoms with E-state index in [-0.39, 0.29) is 0 Å². The predicted octanol–water partition coefficient (Wildman–Crippen LogP) is 2.24. The molecule has 1 aromatic rings. The van der Waals surface area contributed by atoms with E-state index in [2.05, 4.69) is 34.1 Å². The quantitative estimate of drug-likeness (QED) is 0.833. The fourth-order valence-corrected chi connectivity index (χ4v) is 3.58. The van der Waals surface area contributed by atoms with Crippen LogP contribution in [0.1, 0.15) is 18.4 Å². The van der Waals surface area contributed by atoms with E-state index < -0.39 is 0 Å². The summed E-state index contributed by atoms with van der Waals surface area (Å²) in [5.74, 6) is 1.75. The Hall–Kier alpha value is -1.10. The molecule has 2 saturated heterocycles. The van der Waals surface area contributed by atoms with Crippen LogP contribution in [-0.2, 0) is 11.3 Å². The maximum absolute atomic E-state index is 5.45.